The van der Waals surface area contributed by atoms with Crippen molar-refractivity contribution < 1.29 is 47.8 Å². The maximum absolute atomic E-state index is 13.8. The molecule has 3 aromatic rings. The monoisotopic (exact) mass is 790 g/mol. The number of nitro benzene ring substituents is 1. The summed E-state index contributed by atoms with van der Waals surface area (Å²) in [6.07, 6.45) is 0.558. The summed E-state index contributed by atoms with van der Waals surface area (Å²) in [7, 11) is 0. The zero-order chi connectivity index (χ0) is 41.3. The van der Waals surface area contributed by atoms with Gasteiger partial charge in [-0.05, 0) is 66.7 Å². The molecule has 0 spiro atoms. The van der Waals surface area contributed by atoms with E-state index in [4.69, 9.17) is 30.2 Å². The number of nitro groups is 1. The lowest BCUT2D eigenvalue weighted by Crippen LogP contribution is -2.45. The van der Waals surface area contributed by atoms with Crippen molar-refractivity contribution in [2.75, 3.05) is 51.4 Å². The highest BCUT2D eigenvalue weighted by atomic mass is 16.7. The van der Waals surface area contributed by atoms with Crippen molar-refractivity contribution in [2.24, 2.45) is 16.8 Å². The van der Waals surface area contributed by atoms with Crippen molar-refractivity contribution in [2.45, 2.75) is 44.8 Å². The van der Waals surface area contributed by atoms with Gasteiger partial charge in [0, 0.05) is 48.2 Å². The molecule has 3 aromatic carbocycles. The van der Waals surface area contributed by atoms with E-state index in [-0.39, 0.29) is 63.0 Å². The van der Waals surface area contributed by atoms with Crippen LogP contribution in [0.2, 0.25) is 0 Å². The quantitative estimate of drug-likeness (QED) is 0.0131. The van der Waals surface area contributed by atoms with Gasteiger partial charge in [-0.3, -0.25) is 29.3 Å². The topological polar surface area (TPSA) is 276 Å². The summed E-state index contributed by atoms with van der Waals surface area (Å²) in [4.78, 5) is 77.3. The van der Waals surface area contributed by atoms with Crippen LogP contribution >= 0.6 is 0 Å². The van der Waals surface area contributed by atoms with Gasteiger partial charge >= 0.3 is 6.16 Å². The number of unbranched alkanes of at least 4 members (excludes halogenated alkanes) is 1. The second kappa shape index (κ2) is 25.6. The van der Waals surface area contributed by atoms with Gasteiger partial charge in [0.1, 0.15) is 25.6 Å². The fourth-order valence-electron chi connectivity index (χ4n) is 5.21. The van der Waals surface area contributed by atoms with Crippen LogP contribution in [0.5, 0.6) is 5.75 Å². The zero-order valence-electron chi connectivity index (χ0n) is 31.2. The number of anilines is 1. The summed E-state index contributed by atoms with van der Waals surface area (Å²) in [5.41, 5.74) is 15.6. The molecule has 0 aliphatic rings. The standard InChI is InChI=1S/C38H46N8O11/c39-17-5-4-8-29(37(50)43-30-11-9-28(10-12-30)24-56-38(51)57-32-15-13-31(14-16-32)46(52)53)23-34(47)33(22-27-6-2-1-3-7-27)44-36(49)26-55-25-35(48)41-18-20-54-21-19-42-45-40/h1-3,6-7,9-16,29,33H,4-5,8,17-26,39H2,(H,41,48)(H,43,50)(H,44,49). The SMILES string of the molecule is [N-]=[N+]=NCCOCCNC(=O)COCC(=O)NC(Cc1ccccc1)C(=O)CC(CCCCN)C(=O)Nc1ccc(COC(=O)Oc2ccc([N+](=O)[O-])cc2)cc1. The molecule has 0 aromatic heterocycles. The van der Waals surface area contributed by atoms with Gasteiger partial charge in [0.2, 0.25) is 17.7 Å². The Kier molecular flexibility index (Phi) is 20.2. The number of amides is 3. The minimum Gasteiger partial charge on any atom is -0.429 e. The molecule has 0 fully saturated rings. The summed E-state index contributed by atoms with van der Waals surface area (Å²) < 4.78 is 20.6. The summed E-state index contributed by atoms with van der Waals surface area (Å²) in [6, 6.07) is 19.5. The average molecular weight is 791 g/mol. The molecule has 57 heavy (non-hydrogen) atoms. The molecule has 0 aliphatic carbocycles. The van der Waals surface area contributed by atoms with Crippen LogP contribution in [-0.4, -0.2) is 86.7 Å². The minimum atomic E-state index is -1.01. The molecule has 5 N–H and O–H groups in total. The number of rotatable bonds is 26. The van der Waals surface area contributed by atoms with Crippen LogP contribution in [0.3, 0.4) is 0 Å². The maximum Gasteiger partial charge on any atom is 0.514 e. The molecule has 0 heterocycles. The third-order valence-electron chi connectivity index (χ3n) is 8.09. The van der Waals surface area contributed by atoms with Gasteiger partial charge < -0.3 is 40.6 Å². The van der Waals surface area contributed by atoms with E-state index in [0.29, 0.717) is 37.1 Å². The normalized spacial score (nSPS) is 11.6. The molecule has 0 bridgehead atoms. The molecule has 0 saturated heterocycles. The molecule has 2 atom stereocenters. The molecule has 3 amide bonds. The number of carbonyl (C=O) groups excluding carboxylic acids is 5. The molecule has 3 rings (SSSR count). The fraction of sp³-hybridized carbons (Fsp3) is 0.395. The van der Waals surface area contributed by atoms with E-state index >= 15 is 0 Å². The maximum atomic E-state index is 13.8. The number of ether oxygens (including phenoxy) is 4. The lowest BCUT2D eigenvalue weighted by molar-refractivity contribution is -0.384. The van der Waals surface area contributed by atoms with Gasteiger partial charge in [-0.2, -0.15) is 0 Å². The van der Waals surface area contributed by atoms with E-state index in [2.05, 4.69) is 26.0 Å². The van der Waals surface area contributed by atoms with Crippen LogP contribution in [0.1, 0.15) is 36.8 Å². The molecule has 19 nitrogen and oxygen atoms in total. The predicted octanol–water partition coefficient (Wildman–Crippen LogP) is 4.14. The van der Waals surface area contributed by atoms with Crippen molar-refractivity contribution in [3.8, 4) is 5.75 Å². The Labute approximate surface area is 328 Å². The van der Waals surface area contributed by atoms with Crippen molar-refractivity contribution >= 4 is 41.0 Å². The van der Waals surface area contributed by atoms with Crippen LogP contribution in [0, 0.1) is 16.0 Å². The van der Waals surface area contributed by atoms with Gasteiger partial charge in [-0.1, -0.05) is 54.0 Å². The van der Waals surface area contributed by atoms with Gasteiger partial charge in [-0.15, -0.1) is 0 Å². The van der Waals surface area contributed by atoms with Crippen LogP contribution in [0.4, 0.5) is 16.2 Å². The summed E-state index contributed by atoms with van der Waals surface area (Å²) in [5, 5.41) is 22.2. The van der Waals surface area contributed by atoms with E-state index in [0.717, 1.165) is 5.56 Å². The fourth-order valence-corrected chi connectivity index (χ4v) is 5.21. The Bertz CT molecular complexity index is 1810. The van der Waals surface area contributed by atoms with Crippen LogP contribution in [-0.2, 0) is 46.4 Å². The number of ketones is 1. The van der Waals surface area contributed by atoms with Crippen molar-refractivity contribution in [3.05, 3.63) is 111 Å². The predicted molar refractivity (Wildman–Crippen MR) is 206 cm³/mol. The third-order valence-corrected chi connectivity index (χ3v) is 8.09. The van der Waals surface area contributed by atoms with Crippen molar-refractivity contribution in [3.63, 3.8) is 0 Å². The number of benzene rings is 3. The van der Waals surface area contributed by atoms with Crippen LogP contribution in [0.25, 0.3) is 10.4 Å². The second-order valence-corrected chi connectivity index (χ2v) is 12.4. The van der Waals surface area contributed by atoms with Crippen molar-refractivity contribution in [1.82, 2.24) is 10.6 Å². The summed E-state index contributed by atoms with van der Waals surface area (Å²) in [6.45, 7) is 0.125. The summed E-state index contributed by atoms with van der Waals surface area (Å²) >= 11 is 0. The van der Waals surface area contributed by atoms with Crippen LogP contribution < -0.4 is 26.4 Å². The molecule has 0 aliphatic heterocycles. The molecule has 0 saturated carbocycles. The lowest BCUT2D eigenvalue weighted by Gasteiger charge is -2.22. The van der Waals surface area contributed by atoms with Gasteiger partial charge in [0.05, 0.1) is 24.2 Å². The number of nitrogens with zero attached hydrogens (tertiary/aromatic N) is 4. The highest BCUT2D eigenvalue weighted by Gasteiger charge is 2.28. The van der Waals surface area contributed by atoms with E-state index in [1.54, 1.807) is 36.4 Å². The van der Waals surface area contributed by atoms with Gasteiger partial charge in [0.15, 0.2) is 5.78 Å². The largest absolute Gasteiger partial charge is 0.514 e. The first-order chi connectivity index (χ1) is 27.6. The first kappa shape index (κ1) is 45.0. The molecule has 19 heteroatoms. The number of hydrogen-bond donors (Lipinski definition) is 4. The Morgan fingerprint density at radius 3 is 2.28 bits per heavy atom. The number of azide groups is 1. The lowest BCUT2D eigenvalue weighted by atomic mass is 9.90. The Balaban J connectivity index is 1.55. The highest BCUT2D eigenvalue weighted by molar-refractivity contribution is 5.97. The number of Topliss-reactive ketones (excluding diaryl/α,β-unsaturated/α-hetero) is 1. The van der Waals surface area contributed by atoms with Gasteiger partial charge in [-0.25, -0.2) is 4.79 Å². The molecule has 304 valence electrons. The average Bonchev–Trinajstić information content (AvgIpc) is 3.20. The molecular formula is C38H46N8O11. The van der Waals surface area contributed by atoms with E-state index < -0.39 is 54.0 Å². The van der Waals surface area contributed by atoms with Crippen molar-refractivity contribution in [1.29, 1.82) is 0 Å². The van der Waals surface area contributed by atoms with Gasteiger partial charge in [0.25, 0.3) is 5.69 Å². The number of hydrogen-bond acceptors (Lipinski definition) is 13. The molecule has 0 radical (unpaired) electrons. The first-order valence-corrected chi connectivity index (χ1v) is 18.1. The minimum absolute atomic E-state index is 0.0729. The highest BCUT2D eigenvalue weighted by Crippen LogP contribution is 2.21. The zero-order valence-corrected chi connectivity index (χ0v) is 31.2. The first-order valence-electron chi connectivity index (χ1n) is 18.1. The van der Waals surface area contributed by atoms with E-state index in [1.165, 1.54) is 24.3 Å². The molecular weight excluding hydrogens is 744 g/mol. The Morgan fingerprint density at radius 1 is 0.877 bits per heavy atom. The molecule has 2 unspecified atom stereocenters. The third kappa shape index (κ3) is 18.2. The number of carbonyl (C=O) groups is 5. The second-order valence-electron chi connectivity index (χ2n) is 12.4. The Morgan fingerprint density at radius 2 is 1.60 bits per heavy atom. The summed E-state index contributed by atoms with van der Waals surface area (Å²) in [5.74, 6) is -2.55. The number of nitrogens with one attached hydrogen (secondary N) is 3. The number of nitrogens with two attached hydrogens (primary N) is 1. The van der Waals surface area contributed by atoms with E-state index in [1.807, 2.05) is 18.2 Å². The number of non-ortho nitro benzene ring substituents is 1. The Hall–Kier alpha value is -6.40. The van der Waals surface area contributed by atoms with E-state index in [9.17, 15) is 34.1 Å². The van der Waals surface area contributed by atoms with Crippen LogP contribution in [0.15, 0.2) is 84.0 Å². The smallest absolute Gasteiger partial charge is 0.429 e.